The van der Waals surface area contributed by atoms with Gasteiger partial charge in [-0.1, -0.05) is 60.8 Å². The monoisotopic (exact) mass is 460 g/mol. The van der Waals surface area contributed by atoms with Gasteiger partial charge in [0.25, 0.3) is 0 Å². The van der Waals surface area contributed by atoms with E-state index in [4.69, 9.17) is 39.8 Å². The highest BCUT2D eigenvalue weighted by molar-refractivity contribution is 7.98. The Balaban J connectivity index is 1.75. The molecule has 0 unspecified atom stereocenters. The molecule has 28 heavy (non-hydrogen) atoms. The third-order valence-electron chi connectivity index (χ3n) is 5.08. The molecular formula is C20H27Cl3N4S. The van der Waals surface area contributed by atoms with Gasteiger partial charge in [0.1, 0.15) is 6.67 Å². The van der Waals surface area contributed by atoms with E-state index in [1.54, 1.807) is 11.8 Å². The second-order valence-electron chi connectivity index (χ2n) is 7.68. The topological polar surface area (TPSA) is 31.2 Å². The first kappa shape index (κ1) is 22.2. The minimum absolute atomic E-state index is 0.293. The zero-order chi connectivity index (χ0) is 20.3. The van der Waals surface area contributed by atoms with Crippen LogP contribution < -0.4 is 0 Å². The minimum atomic E-state index is -1.57. The number of benzene rings is 1. The molecule has 1 saturated heterocycles. The molecule has 0 aromatic heterocycles. The first-order chi connectivity index (χ1) is 13.3. The smallest absolute Gasteiger partial charge is 0.248 e. The molecule has 2 aliphatic heterocycles. The first-order valence-corrected chi connectivity index (χ1v) is 12.0. The van der Waals surface area contributed by atoms with Crippen molar-refractivity contribution in [2.24, 2.45) is 15.9 Å². The van der Waals surface area contributed by atoms with Gasteiger partial charge in [-0.3, -0.25) is 0 Å². The van der Waals surface area contributed by atoms with Gasteiger partial charge in [0.15, 0.2) is 11.7 Å². The lowest BCUT2D eigenvalue weighted by Gasteiger charge is -2.42. The highest BCUT2D eigenvalue weighted by Gasteiger charge is 2.39. The van der Waals surface area contributed by atoms with Gasteiger partial charge in [0.2, 0.25) is 3.79 Å². The lowest BCUT2D eigenvalue weighted by molar-refractivity contribution is 0.142. The lowest BCUT2D eigenvalue weighted by atomic mass is 10.0. The molecule has 0 spiro atoms. The zero-order valence-corrected chi connectivity index (χ0v) is 19.6. The molecule has 0 radical (unpaired) electrons. The van der Waals surface area contributed by atoms with Crippen LogP contribution in [-0.4, -0.2) is 63.9 Å². The van der Waals surface area contributed by atoms with Gasteiger partial charge < -0.3 is 9.80 Å². The molecule has 1 fully saturated rings. The van der Waals surface area contributed by atoms with E-state index in [2.05, 4.69) is 47.0 Å². The van der Waals surface area contributed by atoms with E-state index < -0.39 is 3.79 Å². The zero-order valence-electron chi connectivity index (χ0n) is 16.5. The van der Waals surface area contributed by atoms with E-state index in [1.807, 2.05) is 12.1 Å². The maximum atomic E-state index is 6.31. The maximum absolute atomic E-state index is 6.31. The summed E-state index contributed by atoms with van der Waals surface area (Å²) in [6.07, 6.45) is 4.11. The number of halogens is 3. The highest BCUT2D eigenvalue weighted by atomic mass is 35.6. The molecule has 0 bridgehead atoms. The predicted octanol–water partition coefficient (Wildman–Crippen LogP) is 5.32. The van der Waals surface area contributed by atoms with E-state index in [9.17, 15) is 0 Å². The van der Waals surface area contributed by atoms with E-state index in [0.717, 1.165) is 38.0 Å². The summed E-state index contributed by atoms with van der Waals surface area (Å²) in [4.78, 5) is 15.2. The SMILES string of the molecule is CSc1ccc(C2=NCN(C3CCN(CC(C)C)CC3)C(C(Cl)(Cl)Cl)=N2)cc1. The summed E-state index contributed by atoms with van der Waals surface area (Å²) in [6, 6.07) is 8.45. The van der Waals surface area contributed by atoms with Crippen molar-refractivity contribution in [3.8, 4) is 0 Å². The van der Waals surface area contributed by atoms with Crippen molar-refractivity contribution >= 4 is 58.2 Å². The largest absolute Gasteiger partial charge is 0.334 e. The number of rotatable bonds is 5. The van der Waals surface area contributed by atoms with Crippen molar-refractivity contribution < 1.29 is 0 Å². The van der Waals surface area contributed by atoms with Crippen LogP contribution in [-0.2, 0) is 0 Å². The summed E-state index contributed by atoms with van der Waals surface area (Å²) in [5, 5.41) is 0. The maximum Gasteiger partial charge on any atom is 0.248 e. The van der Waals surface area contributed by atoms with Crippen molar-refractivity contribution in [3.63, 3.8) is 0 Å². The highest BCUT2D eigenvalue weighted by Crippen LogP contribution is 2.34. The molecule has 8 heteroatoms. The molecule has 154 valence electrons. The van der Waals surface area contributed by atoms with E-state index in [0.29, 0.717) is 30.3 Å². The molecule has 2 heterocycles. The van der Waals surface area contributed by atoms with Crippen LogP contribution in [0.25, 0.3) is 0 Å². The predicted molar refractivity (Wildman–Crippen MR) is 123 cm³/mol. The van der Waals surface area contributed by atoms with Crippen molar-refractivity contribution in [2.75, 3.05) is 32.6 Å². The Morgan fingerprint density at radius 1 is 1.14 bits per heavy atom. The fourth-order valence-corrected chi connectivity index (χ4v) is 4.61. The Kier molecular flexibility index (Phi) is 7.60. The number of nitrogens with zero attached hydrogens (tertiary/aromatic N) is 4. The van der Waals surface area contributed by atoms with Gasteiger partial charge in [-0.05, 0) is 37.1 Å². The molecule has 4 nitrogen and oxygen atoms in total. The number of alkyl halides is 3. The molecule has 0 N–H and O–H groups in total. The first-order valence-electron chi connectivity index (χ1n) is 9.61. The van der Waals surface area contributed by atoms with Crippen LogP contribution in [0.4, 0.5) is 0 Å². The van der Waals surface area contributed by atoms with Crippen LogP contribution in [0.15, 0.2) is 39.1 Å². The van der Waals surface area contributed by atoms with E-state index in [1.165, 1.54) is 4.90 Å². The summed E-state index contributed by atoms with van der Waals surface area (Å²) in [5.41, 5.74) is 0.941. The molecule has 1 aromatic carbocycles. The number of thioether (sulfide) groups is 1. The fourth-order valence-electron chi connectivity index (χ4n) is 3.75. The molecule has 1 aromatic rings. The molecule has 0 atom stereocenters. The summed E-state index contributed by atoms with van der Waals surface area (Å²) >= 11 is 20.6. The van der Waals surface area contributed by atoms with Gasteiger partial charge in [0, 0.05) is 36.1 Å². The Labute approximate surface area is 187 Å². The second kappa shape index (κ2) is 9.57. The summed E-state index contributed by atoms with van der Waals surface area (Å²) in [5.74, 6) is 1.79. The molecule has 0 aliphatic carbocycles. The molecule has 0 amide bonds. The van der Waals surface area contributed by atoms with Crippen molar-refractivity contribution in [1.82, 2.24) is 9.80 Å². The van der Waals surface area contributed by atoms with Gasteiger partial charge in [-0.2, -0.15) is 0 Å². The average Bonchev–Trinajstić information content (AvgIpc) is 2.67. The van der Waals surface area contributed by atoms with Crippen LogP contribution >= 0.6 is 46.6 Å². The molecular weight excluding hydrogens is 435 g/mol. The number of hydrogen-bond acceptors (Lipinski definition) is 5. The van der Waals surface area contributed by atoms with Gasteiger partial charge >= 0.3 is 0 Å². The second-order valence-corrected chi connectivity index (χ2v) is 10.8. The van der Waals surface area contributed by atoms with Crippen molar-refractivity contribution in [3.05, 3.63) is 29.8 Å². The minimum Gasteiger partial charge on any atom is -0.334 e. The summed E-state index contributed by atoms with van der Waals surface area (Å²) in [7, 11) is 0. The Morgan fingerprint density at radius 2 is 1.79 bits per heavy atom. The standard InChI is InChI=1S/C20H27Cl3N4S/c1-14(2)12-26-10-8-16(9-11-26)27-13-24-18(25-19(27)20(21,22)23)15-4-6-17(28-3)7-5-15/h4-7,14,16H,8-13H2,1-3H3. The Bertz CT molecular complexity index is 720. The Morgan fingerprint density at radius 3 is 2.32 bits per heavy atom. The molecule has 3 rings (SSSR count). The van der Waals surface area contributed by atoms with Crippen LogP contribution in [0, 0.1) is 5.92 Å². The van der Waals surface area contributed by atoms with Gasteiger partial charge in [-0.15, -0.1) is 11.8 Å². The van der Waals surface area contributed by atoms with Crippen molar-refractivity contribution in [1.29, 1.82) is 0 Å². The quantitative estimate of drug-likeness (QED) is 0.439. The van der Waals surface area contributed by atoms with Crippen LogP contribution in [0.1, 0.15) is 32.3 Å². The molecule has 0 saturated carbocycles. The number of piperidine rings is 1. The molecule has 2 aliphatic rings. The van der Waals surface area contributed by atoms with E-state index in [-0.39, 0.29) is 0 Å². The number of aliphatic imine (C=N–C) groups is 2. The summed E-state index contributed by atoms with van der Waals surface area (Å²) in [6.45, 7) is 8.23. The van der Waals surface area contributed by atoms with Crippen molar-refractivity contribution in [2.45, 2.75) is 41.4 Å². The van der Waals surface area contributed by atoms with Crippen LogP contribution in [0.5, 0.6) is 0 Å². The lowest BCUT2D eigenvalue weighted by Crippen LogP contribution is -2.52. The number of hydrogen-bond donors (Lipinski definition) is 0. The Hall–Kier alpha value is -0.460. The fraction of sp³-hybridized carbons (Fsp3) is 0.600. The van der Waals surface area contributed by atoms with Gasteiger partial charge in [-0.25, -0.2) is 9.98 Å². The normalized spacial score (nSPS) is 19.8. The van der Waals surface area contributed by atoms with Gasteiger partial charge in [0.05, 0.1) is 0 Å². The third-order valence-corrected chi connectivity index (χ3v) is 6.33. The number of amidine groups is 2. The number of likely N-dealkylation sites (tertiary alicyclic amines) is 1. The van der Waals surface area contributed by atoms with E-state index >= 15 is 0 Å². The van der Waals surface area contributed by atoms with Crippen LogP contribution in [0.2, 0.25) is 0 Å². The summed E-state index contributed by atoms with van der Waals surface area (Å²) < 4.78 is -1.57. The average molecular weight is 462 g/mol. The van der Waals surface area contributed by atoms with Crippen LogP contribution in [0.3, 0.4) is 0 Å². The third kappa shape index (κ3) is 5.57.